The molecular weight excluding hydrogens is 243 g/mol. The number of para-hydroxylation sites is 1. The largest absolute Gasteiger partial charge is 0.378 e. The number of halogens is 1. The van der Waals surface area contributed by atoms with E-state index in [-0.39, 0.29) is 16.6 Å². The molecule has 0 radical (unpaired) electrons. The zero-order valence-electron chi connectivity index (χ0n) is 9.48. The van der Waals surface area contributed by atoms with Gasteiger partial charge in [0.25, 0.3) is 0 Å². The van der Waals surface area contributed by atoms with Crippen LogP contribution in [-0.4, -0.2) is 26.3 Å². The number of hydrogen-bond donors (Lipinski definition) is 2. The van der Waals surface area contributed by atoms with E-state index in [0.29, 0.717) is 13.0 Å². The van der Waals surface area contributed by atoms with Crippen LogP contribution in [0.15, 0.2) is 23.1 Å². The molecule has 0 fully saturated rings. The van der Waals surface area contributed by atoms with E-state index >= 15 is 0 Å². The predicted molar refractivity (Wildman–Crippen MR) is 64.1 cm³/mol. The number of fused-ring (bicyclic) bond motifs is 1. The maximum atomic E-state index is 13.5. The van der Waals surface area contributed by atoms with Crippen LogP contribution in [0.3, 0.4) is 0 Å². The monoisotopic (exact) mass is 258 g/mol. The van der Waals surface area contributed by atoms with Gasteiger partial charge in [0.15, 0.2) is 9.84 Å². The Morgan fingerprint density at radius 2 is 2.18 bits per heavy atom. The average molecular weight is 258 g/mol. The fourth-order valence-electron chi connectivity index (χ4n) is 2.20. The summed E-state index contributed by atoms with van der Waals surface area (Å²) in [5.74, 6) is -0.538. The Labute approximate surface area is 99.9 Å². The van der Waals surface area contributed by atoms with Crippen LogP contribution in [0.1, 0.15) is 13.3 Å². The Balaban J connectivity index is 2.58. The van der Waals surface area contributed by atoms with Gasteiger partial charge in [-0.15, -0.1) is 0 Å². The van der Waals surface area contributed by atoms with Crippen molar-refractivity contribution >= 4 is 15.5 Å². The normalized spacial score (nSPS) is 26.1. The van der Waals surface area contributed by atoms with Crippen molar-refractivity contribution in [3.8, 4) is 0 Å². The summed E-state index contributed by atoms with van der Waals surface area (Å²) in [7, 11) is -3.50. The van der Waals surface area contributed by atoms with Gasteiger partial charge >= 0.3 is 0 Å². The minimum Gasteiger partial charge on any atom is -0.378 e. The molecule has 0 aliphatic carbocycles. The van der Waals surface area contributed by atoms with Gasteiger partial charge in [-0.3, -0.25) is 0 Å². The lowest BCUT2D eigenvalue weighted by Gasteiger charge is -2.32. The van der Waals surface area contributed by atoms with Crippen LogP contribution < -0.4 is 11.1 Å². The topological polar surface area (TPSA) is 72.2 Å². The second kappa shape index (κ2) is 4.27. The van der Waals surface area contributed by atoms with Crippen LogP contribution in [0.25, 0.3) is 0 Å². The molecule has 17 heavy (non-hydrogen) atoms. The smallest absolute Gasteiger partial charge is 0.185 e. The molecule has 0 saturated carbocycles. The van der Waals surface area contributed by atoms with Crippen molar-refractivity contribution in [2.45, 2.75) is 29.5 Å². The lowest BCUT2D eigenvalue weighted by molar-refractivity contribution is 0.541. The summed E-state index contributed by atoms with van der Waals surface area (Å²) in [5, 5.41) is 2.31. The molecule has 94 valence electrons. The minimum absolute atomic E-state index is 0.0362. The van der Waals surface area contributed by atoms with Crippen LogP contribution in [-0.2, 0) is 9.84 Å². The summed E-state index contributed by atoms with van der Waals surface area (Å²) in [6, 6.07) is 3.74. The van der Waals surface area contributed by atoms with Crippen molar-refractivity contribution in [2.75, 3.05) is 11.9 Å². The third-order valence-corrected chi connectivity index (χ3v) is 5.46. The summed E-state index contributed by atoms with van der Waals surface area (Å²) in [4.78, 5) is 0.0362. The lowest BCUT2D eigenvalue weighted by atomic mass is 10.1. The molecule has 3 N–H and O–H groups in total. The Bertz CT molecular complexity index is 530. The zero-order valence-corrected chi connectivity index (χ0v) is 10.3. The first-order valence-corrected chi connectivity index (χ1v) is 7.02. The standard InChI is InChI=1S/C11H15FN2O2S/c1-7-9(5-6-13)17(15,16)10-4-2-3-8(12)11(10)14-7/h2-4,7,9,14H,5-6,13H2,1H3. The Morgan fingerprint density at radius 3 is 2.82 bits per heavy atom. The second-order valence-electron chi connectivity index (χ2n) is 4.21. The van der Waals surface area contributed by atoms with Gasteiger partial charge < -0.3 is 11.1 Å². The van der Waals surface area contributed by atoms with Gasteiger partial charge in [0, 0.05) is 6.04 Å². The molecule has 1 aliphatic heterocycles. The van der Waals surface area contributed by atoms with E-state index in [2.05, 4.69) is 5.32 Å². The van der Waals surface area contributed by atoms with Gasteiger partial charge in [-0.2, -0.15) is 0 Å². The molecule has 4 nitrogen and oxygen atoms in total. The van der Waals surface area contributed by atoms with Crippen LogP contribution >= 0.6 is 0 Å². The van der Waals surface area contributed by atoms with Crippen LogP contribution in [0.5, 0.6) is 0 Å². The molecule has 1 aromatic carbocycles. The molecule has 1 aromatic rings. The first kappa shape index (κ1) is 12.3. The molecule has 6 heteroatoms. The predicted octanol–water partition coefficient (Wildman–Crippen LogP) is 1.13. The first-order chi connectivity index (χ1) is 7.98. The van der Waals surface area contributed by atoms with Crippen LogP contribution in [0, 0.1) is 5.82 Å². The number of nitrogens with two attached hydrogens (primary N) is 1. The number of hydrogen-bond acceptors (Lipinski definition) is 4. The summed E-state index contributed by atoms with van der Waals surface area (Å²) in [6.45, 7) is 2.02. The maximum Gasteiger partial charge on any atom is 0.185 e. The molecule has 2 rings (SSSR count). The number of benzene rings is 1. The highest BCUT2D eigenvalue weighted by Crippen LogP contribution is 2.35. The van der Waals surface area contributed by atoms with E-state index < -0.39 is 20.9 Å². The van der Waals surface area contributed by atoms with Gasteiger partial charge in [0.05, 0.1) is 15.8 Å². The molecule has 1 aliphatic rings. The molecule has 0 spiro atoms. The van der Waals surface area contributed by atoms with Gasteiger partial charge in [0.1, 0.15) is 5.82 Å². The Hall–Kier alpha value is -1.14. The first-order valence-electron chi connectivity index (χ1n) is 5.47. The highest BCUT2D eigenvalue weighted by Gasteiger charge is 2.38. The van der Waals surface area contributed by atoms with E-state index in [0.717, 1.165) is 0 Å². The van der Waals surface area contributed by atoms with Crippen molar-refractivity contribution in [2.24, 2.45) is 5.73 Å². The number of rotatable bonds is 2. The zero-order chi connectivity index (χ0) is 12.6. The molecule has 0 aromatic heterocycles. The maximum absolute atomic E-state index is 13.5. The molecule has 0 bridgehead atoms. The number of anilines is 1. The summed E-state index contributed by atoms with van der Waals surface area (Å²) >= 11 is 0. The SMILES string of the molecule is CC1Nc2c(F)cccc2S(=O)(=O)C1CCN. The highest BCUT2D eigenvalue weighted by molar-refractivity contribution is 7.92. The van der Waals surface area contributed by atoms with Gasteiger partial charge in [-0.1, -0.05) is 6.07 Å². The van der Waals surface area contributed by atoms with Gasteiger partial charge in [0.2, 0.25) is 0 Å². The van der Waals surface area contributed by atoms with Gasteiger partial charge in [-0.25, -0.2) is 12.8 Å². The lowest BCUT2D eigenvalue weighted by Crippen LogP contribution is -2.43. The summed E-state index contributed by atoms with van der Waals surface area (Å²) < 4.78 is 38.1. The van der Waals surface area contributed by atoms with E-state index in [4.69, 9.17) is 5.73 Å². The molecule has 2 unspecified atom stereocenters. The van der Waals surface area contributed by atoms with Crippen LogP contribution in [0.4, 0.5) is 10.1 Å². The van der Waals surface area contributed by atoms with Crippen molar-refractivity contribution in [1.82, 2.24) is 0 Å². The van der Waals surface area contributed by atoms with E-state index in [1.54, 1.807) is 6.92 Å². The second-order valence-corrected chi connectivity index (χ2v) is 6.34. The van der Waals surface area contributed by atoms with Gasteiger partial charge in [-0.05, 0) is 32.0 Å². The highest BCUT2D eigenvalue weighted by atomic mass is 32.2. The van der Waals surface area contributed by atoms with Crippen molar-refractivity contribution < 1.29 is 12.8 Å². The summed E-state index contributed by atoms with van der Waals surface area (Å²) in [5.41, 5.74) is 5.50. The summed E-state index contributed by atoms with van der Waals surface area (Å²) in [6.07, 6.45) is 0.368. The fourth-order valence-corrected chi connectivity index (χ4v) is 4.29. The quantitative estimate of drug-likeness (QED) is 0.834. The molecular formula is C11H15FN2O2S. The Morgan fingerprint density at radius 1 is 1.47 bits per heavy atom. The van der Waals surface area contributed by atoms with Crippen molar-refractivity contribution in [3.05, 3.63) is 24.0 Å². The molecule has 0 saturated heterocycles. The van der Waals surface area contributed by atoms with E-state index in [1.165, 1.54) is 18.2 Å². The average Bonchev–Trinajstić information content (AvgIpc) is 2.26. The molecule has 2 atom stereocenters. The third kappa shape index (κ3) is 1.91. The number of sulfone groups is 1. The third-order valence-electron chi connectivity index (χ3n) is 3.06. The fraction of sp³-hybridized carbons (Fsp3) is 0.455. The minimum atomic E-state index is -3.50. The van der Waals surface area contributed by atoms with Crippen LogP contribution in [0.2, 0.25) is 0 Å². The molecule has 0 amide bonds. The molecule has 1 heterocycles. The van der Waals surface area contributed by atoms with E-state index in [9.17, 15) is 12.8 Å². The van der Waals surface area contributed by atoms with Crippen molar-refractivity contribution in [1.29, 1.82) is 0 Å². The Kier molecular flexibility index (Phi) is 3.09. The van der Waals surface area contributed by atoms with E-state index in [1.807, 2.05) is 0 Å². The number of nitrogens with one attached hydrogen (secondary N) is 1. The van der Waals surface area contributed by atoms with Crippen molar-refractivity contribution in [3.63, 3.8) is 0 Å².